The largest absolute Gasteiger partial charge is 0.310 e. The van der Waals surface area contributed by atoms with Crippen molar-refractivity contribution in [2.24, 2.45) is 0 Å². The first-order valence-corrected chi connectivity index (χ1v) is 22.0. The molecule has 12 aromatic rings. The third-order valence-electron chi connectivity index (χ3n) is 12.8. The first-order chi connectivity index (χ1) is 31.8. The molecule has 0 saturated carbocycles. The molecule has 11 aromatic carbocycles. The minimum Gasteiger partial charge on any atom is -0.310 e. The van der Waals surface area contributed by atoms with Crippen LogP contribution in [0.4, 0.5) is 17.1 Å². The number of anilines is 3. The van der Waals surface area contributed by atoms with Crippen LogP contribution in [0.15, 0.2) is 255 Å². The Morgan fingerprint density at radius 1 is 0.266 bits per heavy atom. The molecule has 0 spiro atoms. The standard InChI is InChI=1S/C62H42N2/c1-3-18-43(19-4-1)44-34-36-47(37-35-44)63(62-41-40-52(51-25-9-10-26-54(51)62)50-30-17-23-45-22-7-8-24-49(45)50)48-38-39-53(58(42-48)46-20-5-2-6-21-46)55-27-11-14-31-59(55)64-60-32-15-12-28-56(60)57-29-13-16-33-61(57)64/h1-42H. The van der Waals surface area contributed by atoms with Gasteiger partial charge in [0.2, 0.25) is 0 Å². The normalized spacial score (nSPS) is 11.4. The van der Waals surface area contributed by atoms with Gasteiger partial charge in [0.1, 0.15) is 0 Å². The third-order valence-corrected chi connectivity index (χ3v) is 12.8. The van der Waals surface area contributed by atoms with E-state index in [0.717, 1.165) is 33.9 Å². The second-order valence-corrected chi connectivity index (χ2v) is 16.4. The molecule has 0 saturated heterocycles. The highest BCUT2D eigenvalue weighted by Gasteiger charge is 2.22. The molecule has 300 valence electrons. The number of para-hydroxylation sites is 3. The van der Waals surface area contributed by atoms with Gasteiger partial charge in [-0.2, -0.15) is 0 Å². The molecule has 0 unspecified atom stereocenters. The molecule has 0 aliphatic carbocycles. The Bertz CT molecular complexity index is 3600. The second-order valence-electron chi connectivity index (χ2n) is 16.4. The van der Waals surface area contributed by atoms with Gasteiger partial charge in [0.25, 0.3) is 0 Å². The van der Waals surface area contributed by atoms with Crippen molar-refractivity contribution in [1.29, 1.82) is 0 Å². The van der Waals surface area contributed by atoms with Crippen LogP contribution >= 0.6 is 0 Å². The number of fused-ring (bicyclic) bond motifs is 5. The fourth-order valence-corrected chi connectivity index (χ4v) is 9.88. The molecular formula is C62H42N2. The van der Waals surface area contributed by atoms with Crippen LogP contribution in [0, 0.1) is 0 Å². The molecule has 64 heavy (non-hydrogen) atoms. The summed E-state index contributed by atoms with van der Waals surface area (Å²) in [6.07, 6.45) is 0. The highest BCUT2D eigenvalue weighted by molar-refractivity contribution is 6.12. The van der Waals surface area contributed by atoms with Crippen LogP contribution in [0.1, 0.15) is 0 Å². The van der Waals surface area contributed by atoms with Gasteiger partial charge in [-0.3, -0.25) is 0 Å². The fourth-order valence-electron chi connectivity index (χ4n) is 9.88. The van der Waals surface area contributed by atoms with Crippen LogP contribution in [0.3, 0.4) is 0 Å². The molecule has 0 fully saturated rings. The van der Waals surface area contributed by atoms with Crippen molar-refractivity contribution in [2.45, 2.75) is 0 Å². The zero-order chi connectivity index (χ0) is 42.4. The summed E-state index contributed by atoms with van der Waals surface area (Å²) in [5.74, 6) is 0. The lowest BCUT2D eigenvalue weighted by Gasteiger charge is -2.29. The molecule has 2 heteroatoms. The van der Waals surface area contributed by atoms with Crippen molar-refractivity contribution < 1.29 is 0 Å². The van der Waals surface area contributed by atoms with Gasteiger partial charge in [-0.05, 0) is 104 Å². The Kier molecular flexibility index (Phi) is 9.20. The topological polar surface area (TPSA) is 8.17 Å². The Hall–Kier alpha value is -8.46. The first kappa shape index (κ1) is 37.3. The van der Waals surface area contributed by atoms with Gasteiger partial charge in [-0.25, -0.2) is 0 Å². The second kappa shape index (κ2) is 15.8. The average Bonchev–Trinajstić information content (AvgIpc) is 3.71. The molecule has 0 aliphatic rings. The number of rotatable bonds is 8. The lowest BCUT2D eigenvalue weighted by Crippen LogP contribution is -2.11. The molecule has 0 atom stereocenters. The molecule has 0 N–H and O–H groups in total. The summed E-state index contributed by atoms with van der Waals surface area (Å²) < 4.78 is 2.44. The van der Waals surface area contributed by atoms with E-state index in [1.165, 1.54) is 76.7 Å². The van der Waals surface area contributed by atoms with Crippen molar-refractivity contribution >= 4 is 60.4 Å². The maximum atomic E-state index is 2.44. The summed E-state index contributed by atoms with van der Waals surface area (Å²) in [6, 6.07) is 92.8. The maximum Gasteiger partial charge on any atom is 0.0541 e. The number of hydrogen-bond acceptors (Lipinski definition) is 1. The molecular weight excluding hydrogens is 773 g/mol. The van der Waals surface area contributed by atoms with Gasteiger partial charge in [0.15, 0.2) is 0 Å². The summed E-state index contributed by atoms with van der Waals surface area (Å²) in [4.78, 5) is 2.44. The minimum atomic E-state index is 1.08. The zero-order valence-electron chi connectivity index (χ0n) is 35.1. The van der Waals surface area contributed by atoms with E-state index < -0.39 is 0 Å². The van der Waals surface area contributed by atoms with Gasteiger partial charge in [0, 0.05) is 33.1 Å². The van der Waals surface area contributed by atoms with Crippen molar-refractivity contribution in [1.82, 2.24) is 4.57 Å². The molecule has 0 radical (unpaired) electrons. The lowest BCUT2D eigenvalue weighted by atomic mass is 9.91. The van der Waals surface area contributed by atoms with Crippen LogP contribution in [0.25, 0.3) is 93.5 Å². The van der Waals surface area contributed by atoms with E-state index in [-0.39, 0.29) is 0 Å². The van der Waals surface area contributed by atoms with E-state index in [1.54, 1.807) is 0 Å². The Morgan fingerprint density at radius 3 is 1.50 bits per heavy atom. The number of nitrogens with zero attached hydrogens (tertiary/aromatic N) is 2. The number of aromatic nitrogens is 1. The van der Waals surface area contributed by atoms with Crippen molar-refractivity contribution in [3.8, 4) is 50.2 Å². The Balaban J connectivity index is 1.09. The predicted molar refractivity (Wildman–Crippen MR) is 272 cm³/mol. The van der Waals surface area contributed by atoms with E-state index in [1.807, 2.05) is 0 Å². The Labute approximate surface area is 373 Å². The van der Waals surface area contributed by atoms with Gasteiger partial charge < -0.3 is 9.47 Å². The molecule has 1 aromatic heterocycles. The number of benzene rings is 11. The average molecular weight is 815 g/mol. The molecule has 0 aliphatic heterocycles. The van der Waals surface area contributed by atoms with Crippen LogP contribution in [0.5, 0.6) is 0 Å². The smallest absolute Gasteiger partial charge is 0.0541 e. The minimum absolute atomic E-state index is 1.08. The van der Waals surface area contributed by atoms with Crippen LogP contribution in [-0.4, -0.2) is 4.57 Å². The van der Waals surface area contributed by atoms with Gasteiger partial charge >= 0.3 is 0 Å². The van der Waals surface area contributed by atoms with E-state index in [0.29, 0.717) is 0 Å². The van der Waals surface area contributed by atoms with E-state index >= 15 is 0 Å². The third kappa shape index (κ3) is 6.35. The highest BCUT2D eigenvalue weighted by atomic mass is 15.1. The summed E-state index contributed by atoms with van der Waals surface area (Å²) >= 11 is 0. The first-order valence-electron chi connectivity index (χ1n) is 22.0. The molecule has 12 rings (SSSR count). The van der Waals surface area contributed by atoms with E-state index in [2.05, 4.69) is 264 Å². The molecule has 0 bridgehead atoms. The predicted octanol–water partition coefficient (Wildman–Crippen LogP) is 17.2. The quantitative estimate of drug-likeness (QED) is 0.148. The molecule has 2 nitrogen and oxygen atoms in total. The van der Waals surface area contributed by atoms with Crippen LogP contribution in [-0.2, 0) is 0 Å². The summed E-state index contributed by atoms with van der Waals surface area (Å²) in [5.41, 5.74) is 16.3. The highest BCUT2D eigenvalue weighted by Crippen LogP contribution is 2.47. The summed E-state index contributed by atoms with van der Waals surface area (Å²) in [7, 11) is 0. The van der Waals surface area contributed by atoms with Crippen molar-refractivity contribution in [3.05, 3.63) is 255 Å². The Morgan fingerprint density at radius 2 is 0.766 bits per heavy atom. The van der Waals surface area contributed by atoms with Gasteiger partial charge in [0.05, 0.1) is 22.4 Å². The van der Waals surface area contributed by atoms with Crippen LogP contribution in [0.2, 0.25) is 0 Å². The zero-order valence-corrected chi connectivity index (χ0v) is 35.1. The van der Waals surface area contributed by atoms with Crippen molar-refractivity contribution in [3.63, 3.8) is 0 Å². The summed E-state index contributed by atoms with van der Waals surface area (Å²) in [5, 5.41) is 7.38. The molecule has 1 heterocycles. The van der Waals surface area contributed by atoms with E-state index in [4.69, 9.17) is 0 Å². The maximum absolute atomic E-state index is 2.44. The van der Waals surface area contributed by atoms with Gasteiger partial charge in [-0.1, -0.05) is 206 Å². The SMILES string of the molecule is c1ccc(-c2ccc(N(c3ccc(-c4ccccc4-n4c5ccccc5c5ccccc54)c(-c4ccccc4)c3)c3ccc(-c4cccc5ccccc45)c4ccccc34)cc2)cc1. The monoisotopic (exact) mass is 814 g/mol. The van der Waals surface area contributed by atoms with Gasteiger partial charge in [-0.15, -0.1) is 0 Å². The summed E-state index contributed by atoms with van der Waals surface area (Å²) in [6.45, 7) is 0. The van der Waals surface area contributed by atoms with Crippen molar-refractivity contribution in [2.75, 3.05) is 4.90 Å². The molecule has 0 amide bonds. The number of hydrogen-bond donors (Lipinski definition) is 0. The van der Waals surface area contributed by atoms with Crippen LogP contribution < -0.4 is 4.90 Å². The lowest BCUT2D eigenvalue weighted by molar-refractivity contribution is 1.18. The van der Waals surface area contributed by atoms with E-state index in [9.17, 15) is 0 Å². The fraction of sp³-hybridized carbons (Fsp3) is 0.